The van der Waals surface area contributed by atoms with Crippen LogP contribution < -0.4 is 5.32 Å². The van der Waals surface area contributed by atoms with E-state index in [1.807, 2.05) is 22.1 Å². The molecule has 3 heterocycles. The number of fused-ring (bicyclic) bond motifs is 1. The number of hydrogen-bond acceptors (Lipinski definition) is 7. The van der Waals surface area contributed by atoms with Crippen LogP contribution in [0.25, 0.3) is 10.7 Å². The predicted octanol–water partition coefficient (Wildman–Crippen LogP) is 4.74. The quantitative estimate of drug-likeness (QED) is 0.423. The first-order chi connectivity index (χ1) is 14.2. The lowest BCUT2D eigenvalue weighted by Crippen LogP contribution is -2.14. The van der Waals surface area contributed by atoms with Gasteiger partial charge in [-0.3, -0.25) is 9.36 Å². The molecule has 148 valence electrons. The lowest BCUT2D eigenvalue weighted by atomic mass is 9.96. The van der Waals surface area contributed by atoms with Crippen LogP contribution in [0.3, 0.4) is 0 Å². The molecule has 9 heteroatoms. The van der Waals surface area contributed by atoms with Gasteiger partial charge in [-0.1, -0.05) is 23.9 Å². The van der Waals surface area contributed by atoms with Crippen LogP contribution in [0.2, 0.25) is 0 Å². The Balaban J connectivity index is 1.46. The molecule has 0 radical (unpaired) electrons. The van der Waals surface area contributed by atoms with Gasteiger partial charge in [0.15, 0.2) is 11.0 Å². The summed E-state index contributed by atoms with van der Waals surface area (Å²) in [7, 11) is 0. The van der Waals surface area contributed by atoms with Crippen molar-refractivity contribution in [2.24, 2.45) is 0 Å². The van der Waals surface area contributed by atoms with Crippen molar-refractivity contribution in [2.45, 2.75) is 37.4 Å². The Kier molecular flexibility index (Phi) is 6.13. The number of nitriles is 1. The molecule has 1 amide bonds. The van der Waals surface area contributed by atoms with Gasteiger partial charge < -0.3 is 5.32 Å². The van der Waals surface area contributed by atoms with Gasteiger partial charge in [0.25, 0.3) is 0 Å². The fraction of sp³-hybridized carbons (Fsp3) is 0.300. The number of anilines is 1. The third-order valence-corrected chi connectivity index (χ3v) is 7.68. The zero-order valence-electron chi connectivity index (χ0n) is 15.7. The molecule has 29 heavy (non-hydrogen) atoms. The molecule has 0 saturated carbocycles. The molecule has 1 N–H and O–H groups in total. The second-order valence-corrected chi connectivity index (χ2v) is 9.54. The lowest BCUT2D eigenvalue weighted by Gasteiger charge is -2.09. The van der Waals surface area contributed by atoms with E-state index in [1.54, 1.807) is 28.7 Å². The first-order valence-corrected chi connectivity index (χ1v) is 11.9. The molecular formula is C20H19N5OS3. The number of rotatable bonds is 7. The van der Waals surface area contributed by atoms with Gasteiger partial charge in [-0.25, -0.2) is 0 Å². The molecule has 0 unspecified atom stereocenters. The number of allylic oxidation sites excluding steroid dienone is 1. The van der Waals surface area contributed by atoms with Gasteiger partial charge in [-0.15, -0.1) is 39.4 Å². The maximum absolute atomic E-state index is 12.6. The summed E-state index contributed by atoms with van der Waals surface area (Å²) in [5.41, 5.74) is 1.76. The molecular weight excluding hydrogens is 422 g/mol. The summed E-state index contributed by atoms with van der Waals surface area (Å²) in [5.74, 6) is 0.837. The number of aryl methyl sites for hydroxylation is 1. The topological polar surface area (TPSA) is 83.6 Å². The van der Waals surface area contributed by atoms with Crippen LogP contribution in [0, 0.1) is 11.3 Å². The van der Waals surface area contributed by atoms with E-state index in [9.17, 15) is 10.1 Å². The maximum atomic E-state index is 12.6. The van der Waals surface area contributed by atoms with E-state index < -0.39 is 0 Å². The van der Waals surface area contributed by atoms with E-state index in [0.29, 0.717) is 22.3 Å². The van der Waals surface area contributed by atoms with Crippen molar-refractivity contribution in [3.8, 4) is 16.8 Å². The highest BCUT2D eigenvalue weighted by Gasteiger charge is 2.22. The number of hydrogen-bond donors (Lipinski definition) is 1. The highest BCUT2D eigenvalue weighted by Crippen LogP contribution is 2.37. The second-order valence-electron chi connectivity index (χ2n) is 6.55. The summed E-state index contributed by atoms with van der Waals surface area (Å²) in [6, 6.07) is 6.25. The number of amides is 1. The van der Waals surface area contributed by atoms with Crippen LogP contribution in [0.1, 0.15) is 28.8 Å². The number of carbonyl (C=O) groups is 1. The highest BCUT2D eigenvalue weighted by atomic mass is 32.2. The first-order valence-electron chi connectivity index (χ1n) is 9.26. The molecule has 0 spiro atoms. The van der Waals surface area contributed by atoms with Crippen molar-refractivity contribution in [2.75, 3.05) is 11.1 Å². The number of carbonyl (C=O) groups excluding carboxylic acids is 1. The van der Waals surface area contributed by atoms with E-state index >= 15 is 0 Å². The van der Waals surface area contributed by atoms with Crippen LogP contribution >= 0.6 is 34.4 Å². The normalized spacial score (nSPS) is 12.9. The van der Waals surface area contributed by atoms with Crippen LogP contribution in [0.4, 0.5) is 5.00 Å². The average Bonchev–Trinajstić information content (AvgIpc) is 3.45. The smallest absolute Gasteiger partial charge is 0.235 e. The van der Waals surface area contributed by atoms with Crippen molar-refractivity contribution in [3.63, 3.8) is 0 Å². The van der Waals surface area contributed by atoms with Gasteiger partial charge in [0.05, 0.1) is 16.2 Å². The molecule has 0 fully saturated rings. The lowest BCUT2D eigenvalue weighted by molar-refractivity contribution is -0.113. The summed E-state index contributed by atoms with van der Waals surface area (Å²) in [4.78, 5) is 14.8. The van der Waals surface area contributed by atoms with Crippen molar-refractivity contribution >= 4 is 45.3 Å². The Hall–Kier alpha value is -2.41. The second kappa shape index (κ2) is 8.95. The number of thiophene rings is 2. The van der Waals surface area contributed by atoms with Crippen molar-refractivity contribution in [1.29, 1.82) is 5.26 Å². The van der Waals surface area contributed by atoms with Gasteiger partial charge in [0.1, 0.15) is 11.1 Å². The van der Waals surface area contributed by atoms with E-state index in [2.05, 4.69) is 28.2 Å². The molecule has 0 saturated heterocycles. The van der Waals surface area contributed by atoms with Gasteiger partial charge >= 0.3 is 0 Å². The Morgan fingerprint density at radius 2 is 2.28 bits per heavy atom. The van der Waals surface area contributed by atoms with Gasteiger partial charge in [0.2, 0.25) is 5.91 Å². The minimum Gasteiger partial charge on any atom is -0.316 e. The zero-order valence-corrected chi connectivity index (χ0v) is 18.1. The Labute approximate surface area is 181 Å². The average molecular weight is 442 g/mol. The molecule has 3 aromatic rings. The number of nitrogens with zero attached hydrogens (tertiary/aromatic N) is 4. The molecule has 4 rings (SSSR count). The third kappa shape index (κ3) is 4.15. The SMILES string of the molecule is C=CCn1c(SCC(=O)Nc2sc3c(c2C#N)CCCC3)nnc1-c1cccs1. The number of nitrogens with one attached hydrogen (secondary N) is 1. The fourth-order valence-corrected chi connectivity index (χ4v) is 6.06. The molecule has 1 aliphatic carbocycles. The standard InChI is InChI=1S/C20H19N5OS3/c1-2-9-25-18(16-8-5-10-27-16)23-24-20(25)28-12-17(26)22-19-14(11-21)13-6-3-4-7-15(13)29-19/h2,5,8,10H,1,3-4,6-7,9,12H2,(H,22,26). The highest BCUT2D eigenvalue weighted by molar-refractivity contribution is 7.99. The Morgan fingerprint density at radius 3 is 3.03 bits per heavy atom. The molecule has 3 aromatic heterocycles. The Morgan fingerprint density at radius 1 is 1.41 bits per heavy atom. The van der Waals surface area contributed by atoms with Gasteiger partial charge in [0, 0.05) is 11.4 Å². The van der Waals surface area contributed by atoms with E-state index in [-0.39, 0.29) is 11.7 Å². The van der Waals surface area contributed by atoms with E-state index in [4.69, 9.17) is 0 Å². The number of aromatic nitrogens is 3. The monoisotopic (exact) mass is 441 g/mol. The Bertz CT molecular complexity index is 1070. The molecule has 0 aromatic carbocycles. The summed E-state index contributed by atoms with van der Waals surface area (Å²) >= 11 is 4.48. The van der Waals surface area contributed by atoms with Crippen molar-refractivity contribution in [1.82, 2.24) is 14.8 Å². The summed E-state index contributed by atoms with van der Waals surface area (Å²) < 4.78 is 1.96. The molecule has 6 nitrogen and oxygen atoms in total. The largest absolute Gasteiger partial charge is 0.316 e. The first kappa shape index (κ1) is 19.9. The third-order valence-electron chi connectivity index (χ3n) is 4.64. The van der Waals surface area contributed by atoms with Crippen LogP contribution in [0.15, 0.2) is 35.3 Å². The zero-order chi connectivity index (χ0) is 20.2. The van der Waals surface area contributed by atoms with Crippen molar-refractivity contribution < 1.29 is 4.79 Å². The molecule has 0 aliphatic heterocycles. The predicted molar refractivity (Wildman–Crippen MR) is 119 cm³/mol. The summed E-state index contributed by atoms with van der Waals surface area (Å²) in [6.45, 7) is 4.38. The molecule has 0 bridgehead atoms. The maximum Gasteiger partial charge on any atom is 0.235 e. The minimum absolute atomic E-state index is 0.143. The summed E-state index contributed by atoms with van der Waals surface area (Å²) in [6.07, 6.45) is 5.96. The van der Waals surface area contributed by atoms with E-state index in [0.717, 1.165) is 41.9 Å². The van der Waals surface area contributed by atoms with Crippen LogP contribution in [-0.4, -0.2) is 26.4 Å². The molecule has 0 atom stereocenters. The van der Waals surface area contributed by atoms with E-state index in [1.165, 1.54) is 16.6 Å². The fourth-order valence-electron chi connectivity index (χ4n) is 3.34. The van der Waals surface area contributed by atoms with Gasteiger partial charge in [-0.2, -0.15) is 5.26 Å². The number of thioether (sulfide) groups is 1. The van der Waals surface area contributed by atoms with Gasteiger partial charge in [-0.05, 0) is 42.7 Å². The minimum atomic E-state index is -0.143. The van der Waals surface area contributed by atoms with Crippen LogP contribution in [0.5, 0.6) is 0 Å². The summed E-state index contributed by atoms with van der Waals surface area (Å²) in [5, 5.41) is 24.4. The van der Waals surface area contributed by atoms with Crippen LogP contribution in [-0.2, 0) is 24.2 Å². The van der Waals surface area contributed by atoms with Crippen molar-refractivity contribution in [3.05, 3.63) is 46.2 Å². The molecule has 1 aliphatic rings.